The molecule has 0 saturated heterocycles. The Labute approximate surface area is 90.1 Å². The molecule has 1 radical (unpaired) electrons. The molecule has 2 aromatic carbocycles. The van der Waals surface area contributed by atoms with Crippen molar-refractivity contribution in [2.24, 2.45) is 0 Å². The molecule has 0 aliphatic heterocycles. The Hall–Kier alpha value is -1.97. The second-order valence-corrected chi connectivity index (χ2v) is 3.31. The number of hydrogen-bond donors (Lipinski definition) is 1. The number of aromatic carboxylic acids is 1. The number of carboxylic acid groups (broad SMARTS) is 1. The van der Waals surface area contributed by atoms with Gasteiger partial charge in [0.2, 0.25) is 0 Å². The molecule has 0 saturated carbocycles. The summed E-state index contributed by atoms with van der Waals surface area (Å²) in [6, 6.07) is 8.48. The van der Waals surface area contributed by atoms with E-state index in [0.717, 1.165) is 0 Å². The third-order valence-electron chi connectivity index (χ3n) is 2.33. The molecule has 0 bridgehead atoms. The topological polar surface area (TPSA) is 37.3 Å². The molecule has 81 valence electrons. The van der Waals surface area contributed by atoms with Crippen LogP contribution in [0.25, 0.3) is 10.8 Å². The van der Waals surface area contributed by atoms with Crippen molar-refractivity contribution in [1.82, 2.24) is 0 Å². The average molecular weight is 221 g/mol. The van der Waals surface area contributed by atoms with Crippen molar-refractivity contribution in [3.63, 3.8) is 0 Å². The molecular formula is C12H7F2O2. The largest absolute Gasteiger partial charge is 0.478 e. The predicted molar refractivity (Wildman–Crippen MR) is 55.5 cm³/mol. The maximum Gasteiger partial charge on any atom is 0.340 e. The number of halogens is 2. The lowest BCUT2D eigenvalue weighted by Crippen LogP contribution is -1.96. The Bertz CT molecular complexity index is 550. The first-order chi connectivity index (χ1) is 7.59. The van der Waals surface area contributed by atoms with Gasteiger partial charge in [0.05, 0.1) is 5.56 Å². The van der Waals surface area contributed by atoms with Crippen LogP contribution >= 0.6 is 0 Å². The fourth-order valence-corrected chi connectivity index (χ4v) is 1.58. The molecule has 0 fully saturated rings. The van der Waals surface area contributed by atoms with Gasteiger partial charge in [-0.3, -0.25) is 0 Å². The van der Waals surface area contributed by atoms with Gasteiger partial charge in [-0.05, 0) is 22.9 Å². The summed E-state index contributed by atoms with van der Waals surface area (Å²) >= 11 is 0. The Kier molecular flexibility index (Phi) is 2.56. The lowest BCUT2D eigenvalue weighted by atomic mass is 10.0. The van der Waals surface area contributed by atoms with Gasteiger partial charge in [-0.15, -0.1) is 0 Å². The van der Waals surface area contributed by atoms with E-state index in [1.165, 1.54) is 30.3 Å². The Morgan fingerprint density at radius 1 is 1.12 bits per heavy atom. The highest BCUT2D eigenvalue weighted by Gasteiger charge is 2.14. The maximum absolute atomic E-state index is 12.6. The fraction of sp³-hybridized carbons (Fsp3) is 0. The van der Waals surface area contributed by atoms with Crippen LogP contribution in [-0.2, 0) is 0 Å². The highest BCUT2D eigenvalue weighted by atomic mass is 19.3. The minimum Gasteiger partial charge on any atom is -0.478 e. The van der Waals surface area contributed by atoms with Crippen LogP contribution in [0.4, 0.5) is 8.78 Å². The SMILES string of the molecule is O=C(O)c1ccc2c([C](F)F)cccc2c1. The third kappa shape index (κ3) is 1.74. The zero-order chi connectivity index (χ0) is 11.7. The van der Waals surface area contributed by atoms with E-state index in [1.807, 2.05) is 0 Å². The van der Waals surface area contributed by atoms with E-state index in [1.54, 1.807) is 6.07 Å². The van der Waals surface area contributed by atoms with E-state index in [4.69, 9.17) is 5.11 Å². The Morgan fingerprint density at radius 2 is 1.88 bits per heavy atom. The molecule has 2 rings (SSSR count). The van der Waals surface area contributed by atoms with E-state index in [0.29, 0.717) is 10.8 Å². The summed E-state index contributed by atoms with van der Waals surface area (Å²) in [6.07, 6.45) is -1.77. The van der Waals surface area contributed by atoms with Gasteiger partial charge in [-0.1, -0.05) is 24.3 Å². The van der Waals surface area contributed by atoms with Crippen molar-refractivity contribution in [2.45, 2.75) is 0 Å². The van der Waals surface area contributed by atoms with Crippen LogP contribution in [0.2, 0.25) is 0 Å². The fourth-order valence-electron chi connectivity index (χ4n) is 1.58. The van der Waals surface area contributed by atoms with E-state index in [2.05, 4.69) is 0 Å². The number of hydrogen-bond acceptors (Lipinski definition) is 1. The van der Waals surface area contributed by atoms with Crippen molar-refractivity contribution in [3.05, 3.63) is 54.0 Å². The van der Waals surface area contributed by atoms with Gasteiger partial charge in [0.1, 0.15) is 0 Å². The van der Waals surface area contributed by atoms with Crippen molar-refractivity contribution in [3.8, 4) is 0 Å². The van der Waals surface area contributed by atoms with Gasteiger partial charge >= 0.3 is 12.4 Å². The van der Waals surface area contributed by atoms with Gasteiger partial charge in [-0.2, -0.15) is 8.78 Å². The molecule has 1 N–H and O–H groups in total. The minimum absolute atomic E-state index is 0.0870. The molecule has 2 aromatic rings. The molecule has 0 atom stereocenters. The molecule has 0 aromatic heterocycles. The average Bonchev–Trinajstić information content (AvgIpc) is 2.27. The molecule has 0 spiro atoms. The molecule has 0 heterocycles. The molecule has 4 heteroatoms. The molecule has 2 nitrogen and oxygen atoms in total. The number of carbonyl (C=O) groups is 1. The summed E-state index contributed by atoms with van der Waals surface area (Å²) in [5, 5.41) is 9.61. The summed E-state index contributed by atoms with van der Waals surface area (Å²) in [5.74, 6) is -1.07. The highest BCUT2D eigenvalue weighted by molar-refractivity contribution is 5.95. The molecule has 0 aliphatic carbocycles. The summed E-state index contributed by atoms with van der Waals surface area (Å²) in [4.78, 5) is 10.7. The van der Waals surface area contributed by atoms with Crippen molar-refractivity contribution < 1.29 is 18.7 Å². The van der Waals surface area contributed by atoms with Gasteiger partial charge in [0.25, 0.3) is 0 Å². The summed E-state index contributed by atoms with van der Waals surface area (Å²) in [5.41, 5.74) is -0.0710. The summed E-state index contributed by atoms with van der Waals surface area (Å²) in [7, 11) is 0. The summed E-state index contributed by atoms with van der Waals surface area (Å²) < 4.78 is 25.1. The van der Waals surface area contributed by atoms with Gasteiger partial charge in [0.15, 0.2) is 0 Å². The van der Waals surface area contributed by atoms with Crippen LogP contribution in [-0.4, -0.2) is 11.1 Å². The first-order valence-corrected chi connectivity index (χ1v) is 4.54. The van der Waals surface area contributed by atoms with E-state index in [-0.39, 0.29) is 11.1 Å². The molecule has 0 amide bonds. The second-order valence-electron chi connectivity index (χ2n) is 3.31. The van der Waals surface area contributed by atoms with E-state index in [9.17, 15) is 13.6 Å². The van der Waals surface area contributed by atoms with E-state index < -0.39 is 12.4 Å². The number of carboxylic acids is 1. The first-order valence-electron chi connectivity index (χ1n) is 4.54. The van der Waals surface area contributed by atoms with Crippen molar-refractivity contribution >= 4 is 16.7 Å². The monoisotopic (exact) mass is 221 g/mol. The van der Waals surface area contributed by atoms with Crippen LogP contribution in [0, 0.1) is 6.43 Å². The molecule has 0 unspecified atom stereocenters. The zero-order valence-electron chi connectivity index (χ0n) is 8.08. The van der Waals surface area contributed by atoms with Crippen LogP contribution in [0.3, 0.4) is 0 Å². The van der Waals surface area contributed by atoms with Gasteiger partial charge < -0.3 is 5.11 Å². The van der Waals surface area contributed by atoms with Gasteiger partial charge in [-0.25, -0.2) is 4.79 Å². The van der Waals surface area contributed by atoms with Gasteiger partial charge in [0, 0.05) is 5.56 Å². The smallest absolute Gasteiger partial charge is 0.340 e. The van der Waals surface area contributed by atoms with Crippen molar-refractivity contribution in [1.29, 1.82) is 0 Å². The van der Waals surface area contributed by atoms with E-state index >= 15 is 0 Å². The van der Waals surface area contributed by atoms with Crippen LogP contribution < -0.4 is 0 Å². The number of benzene rings is 2. The second kappa shape index (κ2) is 3.89. The molecule has 0 aliphatic rings. The standard InChI is InChI=1S/C12H7F2O2/c13-11(14)10-3-1-2-7-6-8(12(15)16)4-5-9(7)10/h1-6H,(H,15,16). The lowest BCUT2D eigenvalue weighted by molar-refractivity contribution is 0.0697. The predicted octanol–water partition coefficient (Wildman–Crippen LogP) is 3.31. The molecule has 16 heavy (non-hydrogen) atoms. The Balaban J connectivity index is 2.68. The number of rotatable bonds is 2. The Morgan fingerprint density at radius 3 is 2.50 bits per heavy atom. The molecular weight excluding hydrogens is 214 g/mol. The van der Waals surface area contributed by atoms with Crippen LogP contribution in [0.5, 0.6) is 0 Å². The van der Waals surface area contributed by atoms with Crippen molar-refractivity contribution in [2.75, 3.05) is 0 Å². The quantitative estimate of drug-likeness (QED) is 0.844. The van der Waals surface area contributed by atoms with Crippen LogP contribution in [0.1, 0.15) is 15.9 Å². The third-order valence-corrected chi connectivity index (χ3v) is 2.33. The first kappa shape index (κ1) is 10.5. The normalized spacial score (nSPS) is 10.9. The lowest BCUT2D eigenvalue weighted by Gasteiger charge is -2.04. The van der Waals surface area contributed by atoms with Crippen LogP contribution in [0.15, 0.2) is 36.4 Å². The highest BCUT2D eigenvalue weighted by Crippen LogP contribution is 2.27. The zero-order valence-corrected chi connectivity index (χ0v) is 8.08. The maximum atomic E-state index is 12.6. The summed E-state index contributed by atoms with van der Waals surface area (Å²) in [6.45, 7) is 0. The number of fused-ring (bicyclic) bond motifs is 1. The minimum atomic E-state index is -1.77.